The zero-order valence-electron chi connectivity index (χ0n) is 12.8. The van der Waals surface area contributed by atoms with Gasteiger partial charge in [0.15, 0.2) is 0 Å². The average Bonchev–Trinajstić information content (AvgIpc) is 2.39. The van der Waals surface area contributed by atoms with E-state index in [1.165, 1.54) is 24.9 Å². The molecule has 1 aromatic rings. The predicted molar refractivity (Wildman–Crippen MR) is 88.3 cm³/mol. The van der Waals surface area contributed by atoms with Crippen molar-refractivity contribution < 1.29 is 4.74 Å². The van der Waals surface area contributed by atoms with Crippen LogP contribution in [-0.2, 0) is 6.42 Å². The van der Waals surface area contributed by atoms with E-state index < -0.39 is 0 Å². The maximum Gasteiger partial charge on any atom is 0.122 e. The molecule has 112 valence electrons. The summed E-state index contributed by atoms with van der Waals surface area (Å²) in [5.74, 6) is 3.39. The van der Waals surface area contributed by atoms with E-state index in [0.29, 0.717) is 0 Å². The number of hydrogen-bond acceptors (Lipinski definition) is 2. The van der Waals surface area contributed by atoms with Crippen LogP contribution < -0.4 is 10.1 Å². The average molecular weight is 340 g/mol. The molecule has 2 unspecified atom stereocenters. The molecule has 3 heteroatoms. The van der Waals surface area contributed by atoms with Crippen molar-refractivity contribution in [1.82, 2.24) is 5.32 Å². The lowest BCUT2D eigenvalue weighted by molar-refractivity contribution is 0.168. The third kappa shape index (κ3) is 4.23. The van der Waals surface area contributed by atoms with Gasteiger partial charge in [-0.3, -0.25) is 0 Å². The molecule has 1 aliphatic carbocycles. The minimum Gasteiger partial charge on any atom is -0.496 e. The van der Waals surface area contributed by atoms with Crippen LogP contribution in [0.1, 0.15) is 32.3 Å². The molecule has 0 saturated heterocycles. The van der Waals surface area contributed by atoms with E-state index >= 15 is 0 Å². The number of ether oxygens (including phenoxy) is 1. The summed E-state index contributed by atoms with van der Waals surface area (Å²) < 4.78 is 6.62. The maximum atomic E-state index is 5.48. The quantitative estimate of drug-likeness (QED) is 0.800. The van der Waals surface area contributed by atoms with Crippen LogP contribution in [0, 0.1) is 17.8 Å². The zero-order valence-corrected chi connectivity index (χ0v) is 14.4. The molecule has 1 aliphatic rings. The standard InChI is InChI=1S/C17H26BrNO/c1-12(2)10-19-11-14-5-4-13(14)8-15-9-16(18)6-7-17(15)20-3/h6-7,9,12-14,19H,4-5,8,10-11H2,1-3H3. The lowest BCUT2D eigenvalue weighted by Crippen LogP contribution is -2.37. The normalized spacial score (nSPS) is 21.9. The Balaban J connectivity index is 1.88. The summed E-state index contributed by atoms with van der Waals surface area (Å²) in [7, 11) is 1.76. The highest BCUT2D eigenvalue weighted by molar-refractivity contribution is 9.10. The van der Waals surface area contributed by atoms with Gasteiger partial charge in [0, 0.05) is 4.47 Å². The van der Waals surface area contributed by atoms with Crippen molar-refractivity contribution in [3.63, 3.8) is 0 Å². The molecule has 1 fully saturated rings. The molecule has 0 amide bonds. The van der Waals surface area contributed by atoms with Crippen molar-refractivity contribution in [3.8, 4) is 5.75 Å². The molecule has 0 aliphatic heterocycles. The summed E-state index contributed by atoms with van der Waals surface area (Å²) in [5, 5.41) is 3.60. The second-order valence-electron chi connectivity index (χ2n) is 6.31. The van der Waals surface area contributed by atoms with E-state index in [2.05, 4.69) is 47.2 Å². The first-order chi connectivity index (χ1) is 9.60. The molecular weight excluding hydrogens is 314 g/mol. The van der Waals surface area contributed by atoms with Crippen LogP contribution in [0.2, 0.25) is 0 Å². The predicted octanol–water partition coefficient (Wildman–Crippen LogP) is 4.27. The van der Waals surface area contributed by atoms with Gasteiger partial charge in [0.05, 0.1) is 7.11 Å². The molecule has 1 N–H and O–H groups in total. The van der Waals surface area contributed by atoms with E-state index in [1.54, 1.807) is 7.11 Å². The van der Waals surface area contributed by atoms with Crippen molar-refractivity contribution >= 4 is 15.9 Å². The molecule has 0 heterocycles. The largest absolute Gasteiger partial charge is 0.496 e. The van der Waals surface area contributed by atoms with Crippen molar-refractivity contribution in [1.29, 1.82) is 0 Å². The summed E-state index contributed by atoms with van der Waals surface area (Å²) in [6, 6.07) is 6.31. The van der Waals surface area contributed by atoms with Gasteiger partial charge in [0.25, 0.3) is 0 Å². The summed E-state index contributed by atoms with van der Waals surface area (Å²) in [4.78, 5) is 0. The van der Waals surface area contributed by atoms with E-state index in [-0.39, 0.29) is 0 Å². The second-order valence-corrected chi connectivity index (χ2v) is 7.23. The molecule has 2 nitrogen and oxygen atoms in total. The fourth-order valence-corrected chi connectivity index (χ4v) is 3.33. The Bertz CT molecular complexity index is 433. The van der Waals surface area contributed by atoms with Crippen LogP contribution in [-0.4, -0.2) is 20.2 Å². The van der Waals surface area contributed by atoms with E-state index in [4.69, 9.17) is 4.74 Å². The molecule has 0 spiro atoms. The van der Waals surface area contributed by atoms with Gasteiger partial charge in [-0.2, -0.15) is 0 Å². The third-order valence-corrected chi connectivity index (χ3v) is 4.75. The Hall–Kier alpha value is -0.540. The Labute approximate surface area is 131 Å². The topological polar surface area (TPSA) is 21.3 Å². The van der Waals surface area contributed by atoms with Gasteiger partial charge in [-0.1, -0.05) is 29.8 Å². The van der Waals surface area contributed by atoms with Crippen LogP contribution in [0.3, 0.4) is 0 Å². The zero-order chi connectivity index (χ0) is 14.5. The van der Waals surface area contributed by atoms with Crippen molar-refractivity contribution in [3.05, 3.63) is 28.2 Å². The van der Waals surface area contributed by atoms with Gasteiger partial charge < -0.3 is 10.1 Å². The molecular formula is C17H26BrNO. The van der Waals surface area contributed by atoms with Crippen molar-refractivity contribution in [2.75, 3.05) is 20.2 Å². The van der Waals surface area contributed by atoms with Gasteiger partial charge in [0.1, 0.15) is 5.75 Å². The fraction of sp³-hybridized carbons (Fsp3) is 0.647. The van der Waals surface area contributed by atoms with Crippen LogP contribution in [0.15, 0.2) is 22.7 Å². The molecule has 1 saturated carbocycles. The van der Waals surface area contributed by atoms with Gasteiger partial charge in [-0.15, -0.1) is 0 Å². The molecule has 2 rings (SSSR count). The van der Waals surface area contributed by atoms with Gasteiger partial charge in [-0.05, 0) is 73.9 Å². The highest BCUT2D eigenvalue weighted by atomic mass is 79.9. The van der Waals surface area contributed by atoms with Gasteiger partial charge in [-0.25, -0.2) is 0 Å². The molecule has 20 heavy (non-hydrogen) atoms. The van der Waals surface area contributed by atoms with Crippen LogP contribution >= 0.6 is 15.9 Å². The summed E-state index contributed by atoms with van der Waals surface area (Å²) in [6.07, 6.45) is 3.85. The van der Waals surface area contributed by atoms with E-state index in [0.717, 1.165) is 40.9 Å². The maximum absolute atomic E-state index is 5.48. The third-order valence-electron chi connectivity index (χ3n) is 4.26. The highest BCUT2D eigenvalue weighted by Gasteiger charge is 2.31. The van der Waals surface area contributed by atoms with Crippen molar-refractivity contribution in [2.45, 2.75) is 33.1 Å². The SMILES string of the molecule is COc1ccc(Br)cc1CC1CCC1CNCC(C)C. The Morgan fingerprint density at radius 2 is 2.05 bits per heavy atom. The molecule has 0 radical (unpaired) electrons. The molecule has 0 bridgehead atoms. The van der Waals surface area contributed by atoms with E-state index in [1.807, 2.05) is 6.07 Å². The fourth-order valence-electron chi connectivity index (χ4n) is 2.92. The summed E-state index contributed by atoms with van der Waals surface area (Å²) >= 11 is 3.56. The first-order valence-corrected chi connectivity index (χ1v) is 8.42. The molecule has 1 aromatic carbocycles. The number of methoxy groups -OCH3 is 1. The number of benzene rings is 1. The molecule has 2 atom stereocenters. The lowest BCUT2D eigenvalue weighted by Gasteiger charge is -2.37. The van der Waals surface area contributed by atoms with Crippen molar-refractivity contribution in [2.24, 2.45) is 17.8 Å². The Morgan fingerprint density at radius 3 is 2.65 bits per heavy atom. The number of rotatable bonds is 7. The number of nitrogens with one attached hydrogen (secondary N) is 1. The van der Waals surface area contributed by atoms with Crippen LogP contribution in [0.4, 0.5) is 0 Å². The Kier molecular flexibility index (Phi) is 5.91. The van der Waals surface area contributed by atoms with E-state index in [9.17, 15) is 0 Å². The minimum absolute atomic E-state index is 0.735. The monoisotopic (exact) mass is 339 g/mol. The van der Waals surface area contributed by atoms with Crippen LogP contribution in [0.5, 0.6) is 5.75 Å². The van der Waals surface area contributed by atoms with Gasteiger partial charge in [0.2, 0.25) is 0 Å². The Morgan fingerprint density at radius 1 is 1.30 bits per heavy atom. The van der Waals surface area contributed by atoms with Gasteiger partial charge >= 0.3 is 0 Å². The number of halogens is 1. The minimum atomic E-state index is 0.735. The summed E-state index contributed by atoms with van der Waals surface area (Å²) in [6.45, 7) is 6.82. The smallest absolute Gasteiger partial charge is 0.122 e. The number of hydrogen-bond donors (Lipinski definition) is 1. The highest BCUT2D eigenvalue weighted by Crippen LogP contribution is 2.38. The summed E-state index contributed by atoms with van der Waals surface area (Å²) in [5.41, 5.74) is 1.33. The first kappa shape index (κ1) is 15.8. The second kappa shape index (κ2) is 7.46. The first-order valence-electron chi connectivity index (χ1n) is 7.63. The van der Waals surface area contributed by atoms with Crippen LogP contribution in [0.25, 0.3) is 0 Å². The lowest BCUT2D eigenvalue weighted by atomic mass is 9.70. The molecule has 0 aromatic heterocycles.